The Morgan fingerprint density at radius 2 is 2.10 bits per heavy atom. The van der Waals surface area contributed by atoms with Crippen LogP contribution in [-0.4, -0.2) is 42.2 Å². The van der Waals surface area contributed by atoms with Gasteiger partial charge in [-0.3, -0.25) is 4.98 Å². The molecule has 114 valence electrons. The molecule has 1 aromatic heterocycles. The number of hydrogen-bond acceptors (Lipinski definition) is 3. The highest BCUT2D eigenvalue weighted by molar-refractivity contribution is 5.75. The minimum atomic E-state index is -0.0365. The average molecular weight is 289 g/mol. The molecule has 1 aliphatic heterocycles. The van der Waals surface area contributed by atoms with Crippen molar-refractivity contribution in [2.75, 3.05) is 26.3 Å². The predicted molar refractivity (Wildman–Crippen MR) is 81.9 cm³/mol. The summed E-state index contributed by atoms with van der Waals surface area (Å²) in [6.07, 6.45) is 8.06. The molecule has 0 aromatic carbocycles. The van der Waals surface area contributed by atoms with Crippen LogP contribution in [-0.2, 0) is 11.2 Å². The van der Waals surface area contributed by atoms with Gasteiger partial charge in [0.05, 0.1) is 13.2 Å². The number of hydrogen-bond donors (Lipinski definition) is 1. The van der Waals surface area contributed by atoms with Crippen molar-refractivity contribution < 1.29 is 9.53 Å². The SMILES string of the molecule is CCN(CCc1ccncc1)C(=O)NC=C1CCOCC1. The maximum absolute atomic E-state index is 12.2. The molecule has 0 aliphatic carbocycles. The fourth-order valence-corrected chi connectivity index (χ4v) is 2.25. The molecule has 0 radical (unpaired) electrons. The molecule has 1 N–H and O–H groups in total. The van der Waals surface area contributed by atoms with E-state index >= 15 is 0 Å². The van der Waals surface area contributed by atoms with Crippen molar-refractivity contribution in [3.8, 4) is 0 Å². The Kier molecular flexibility index (Phi) is 6.22. The van der Waals surface area contributed by atoms with E-state index in [-0.39, 0.29) is 6.03 Å². The summed E-state index contributed by atoms with van der Waals surface area (Å²) in [5.74, 6) is 0. The zero-order valence-electron chi connectivity index (χ0n) is 12.5. The van der Waals surface area contributed by atoms with Crippen molar-refractivity contribution in [1.29, 1.82) is 0 Å². The fourth-order valence-electron chi connectivity index (χ4n) is 2.25. The predicted octanol–water partition coefficient (Wildman–Crippen LogP) is 2.35. The number of aromatic nitrogens is 1. The van der Waals surface area contributed by atoms with Crippen LogP contribution in [0.3, 0.4) is 0 Å². The number of nitrogens with one attached hydrogen (secondary N) is 1. The van der Waals surface area contributed by atoms with Crippen molar-refractivity contribution in [3.63, 3.8) is 0 Å². The van der Waals surface area contributed by atoms with Crippen molar-refractivity contribution in [3.05, 3.63) is 41.9 Å². The van der Waals surface area contributed by atoms with Gasteiger partial charge in [0.15, 0.2) is 0 Å². The molecule has 2 heterocycles. The second-order valence-electron chi connectivity index (χ2n) is 5.05. The van der Waals surface area contributed by atoms with Gasteiger partial charge in [-0.15, -0.1) is 0 Å². The molecule has 21 heavy (non-hydrogen) atoms. The van der Waals surface area contributed by atoms with Gasteiger partial charge in [0, 0.05) is 31.7 Å². The van der Waals surface area contributed by atoms with Gasteiger partial charge in [0.1, 0.15) is 0 Å². The minimum Gasteiger partial charge on any atom is -0.381 e. The number of ether oxygens (including phenoxy) is 1. The molecule has 1 fully saturated rings. The second kappa shape index (κ2) is 8.42. The highest BCUT2D eigenvalue weighted by Crippen LogP contribution is 2.11. The molecule has 0 unspecified atom stereocenters. The number of rotatable bonds is 5. The maximum atomic E-state index is 12.2. The molecular formula is C16H23N3O2. The molecule has 1 aromatic rings. The molecule has 1 saturated heterocycles. The van der Waals surface area contributed by atoms with Crippen LogP contribution in [0.25, 0.3) is 0 Å². The van der Waals surface area contributed by atoms with Crippen LogP contribution in [0.4, 0.5) is 4.79 Å². The standard InChI is InChI=1S/C16H23N3O2/c1-2-19(10-5-14-3-8-17-9-4-14)16(20)18-13-15-6-11-21-12-7-15/h3-4,8-9,13H,2,5-7,10-12H2,1H3,(H,18,20). The number of nitrogens with zero attached hydrogens (tertiary/aromatic N) is 2. The van der Waals surface area contributed by atoms with E-state index in [4.69, 9.17) is 4.74 Å². The summed E-state index contributed by atoms with van der Waals surface area (Å²) in [5.41, 5.74) is 2.44. The lowest BCUT2D eigenvalue weighted by Gasteiger charge is -2.21. The highest BCUT2D eigenvalue weighted by atomic mass is 16.5. The zero-order valence-corrected chi connectivity index (χ0v) is 12.5. The van der Waals surface area contributed by atoms with Crippen LogP contribution in [0.5, 0.6) is 0 Å². The fraction of sp³-hybridized carbons (Fsp3) is 0.500. The third kappa shape index (κ3) is 5.19. The van der Waals surface area contributed by atoms with Gasteiger partial charge in [-0.25, -0.2) is 4.79 Å². The third-order valence-corrected chi connectivity index (χ3v) is 3.62. The van der Waals surface area contributed by atoms with E-state index in [2.05, 4.69) is 10.3 Å². The first-order chi connectivity index (χ1) is 10.3. The zero-order chi connectivity index (χ0) is 14.9. The summed E-state index contributed by atoms with van der Waals surface area (Å²) in [6.45, 7) is 4.90. The summed E-state index contributed by atoms with van der Waals surface area (Å²) in [7, 11) is 0. The molecule has 0 atom stereocenters. The molecule has 5 heteroatoms. The Morgan fingerprint density at radius 1 is 1.38 bits per heavy atom. The first-order valence-electron chi connectivity index (χ1n) is 7.49. The number of carbonyl (C=O) groups excluding carboxylic acids is 1. The van der Waals surface area contributed by atoms with Gasteiger partial charge in [0.25, 0.3) is 0 Å². The minimum absolute atomic E-state index is 0.0365. The van der Waals surface area contributed by atoms with Gasteiger partial charge >= 0.3 is 6.03 Å². The van der Waals surface area contributed by atoms with Crippen molar-refractivity contribution in [2.45, 2.75) is 26.2 Å². The van der Waals surface area contributed by atoms with Crippen LogP contribution in [0.1, 0.15) is 25.3 Å². The number of urea groups is 1. The van der Waals surface area contributed by atoms with Crippen molar-refractivity contribution in [2.24, 2.45) is 0 Å². The van der Waals surface area contributed by atoms with Gasteiger partial charge < -0.3 is 15.0 Å². The molecule has 2 rings (SSSR count). The Hall–Kier alpha value is -1.88. The van der Waals surface area contributed by atoms with Crippen molar-refractivity contribution >= 4 is 6.03 Å². The van der Waals surface area contributed by atoms with E-state index in [0.29, 0.717) is 13.1 Å². The topological polar surface area (TPSA) is 54.5 Å². The third-order valence-electron chi connectivity index (χ3n) is 3.62. The quantitative estimate of drug-likeness (QED) is 0.905. The number of amides is 2. The number of pyridine rings is 1. The number of carbonyl (C=O) groups is 1. The van der Waals surface area contributed by atoms with E-state index in [0.717, 1.165) is 32.5 Å². The smallest absolute Gasteiger partial charge is 0.321 e. The van der Waals surface area contributed by atoms with E-state index in [9.17, 15) is 4.79 Å². The number of likely N-dealkylation sites (N-methyl/N-ethyl adjacent to an activating group) is 1. The first kappa shape index (κ1) is 15.5. The lowest BCUT2D eigenvalue weighted by molar-refractivity contribution is 0.119. The maximum Gasteiger partial charge on any atom is 0.321 e. The van der Waals surface area contributed by atoms with Gasteiger partial charge in [-0.1, -0.05) is 0 Å². The normalized spacial score (nSPS) is 14.6. The average Bonchev–Trinajstić information content (AvgIpc) is 2.55. The molecule has 0 bridgehead atoms. The van der Waals surface area contributed by atoms with Gasteiger partial charge in [-0.05, 0) is 49.5 Å². The lowest BCUT2D eigenvalue weighted by atomic mass is 10.1. The van der Waals surface area contributed by atoms with E-state index < -0.39 is 0 Å². The molecular weight excluding hydrogens is 266 g/mol. The van der Waals surface area contributed by atoms with Gasteiger partial charge in [0.2, 0.25) is 0 Å². The first-order valence-corrected chi connectivity index (χ1v) is 7.49. The summed E-state index contributed by atoms with van der Waals surface area (Å²) < 4.78 is 5.29. The Morgan fingerprint density at radius 3 is 2.76 bits per heavy atom. The summed E-state index contributed by atoms with van der Waals surface area (Å²) in [4.78, 5) is 18.0. The Balaban J connectivity index is 1.80. The van der Waals surface area contributed by atoms with Gasteiger partial charge in [-0.2, -0.15) is 0 Å². The van der Waals surface area contributed by atoms with Crippen LogP contribution in [0, 0.1) is 0 Å². The largest absolute Gasteiger partial charge is 0.381 e. The van der Waals surface area contributed by atoms with E-state index in [1.54, 1.807) is 12.4 Å². The summed E-state index contributed by atoms with van der Waals surface area (Å²) >= 11 is 0. The van der Waals surface area contributed by atoms with Crippen LogP contribution >= 0.6 is 0 Å². The summed E-state index contributed by atoms with van der Waals surface area (Å²) in [5, 5.41) is 2.90. The lowest BCUT2D eigenvalue weighted by Crippen LogP contribution is -2.39. The monoisotopic (exact) mass is 289 g/mol. The molecule has 2 amide bonds. The highest BCUT2D eigenvalue weighted by Gasteiger charge is 2.11. The molecule has 5 nitrogen and oxygen atoms in total. The van der Waals surface area contributed by atoms with Crippen LogP contribution < -0.4 is 5.32 Å². The Bertz CT molecular complexity index is 466. The molecule has 1 aliphatic rings. The summed E-state index contributed by atoms with van der Waals surface area (Å²) in [6, 6.07) is 3.93. The molecule has 0 spiro atoms. The van der Waals surface area contributed by atoms with Crippen LogP contribution in [0.15, 0.2) is 36.3 Å². The van der Waals surface area contributed by atoms with E-state index in [1.165, 1.54) is 11.1 Å². The molecule has 0 saturated carbocycles. The van der Waals surface area contributed by atoms with Crippen LogP contribution in [0.2, 0.25) is 0 Å². The second-order valence-corrected chi connectivity index (χ2v) is 5.05. The Labute approximate surface area is 126 Å². The van der Waals surface area contributed by atoms with Crippen molar-refractivity contribution in [1.82, 2.24) is 15.2 Å². The van der Waals surface area contributed by atoms with E-state index in [1.807, 2.05) is 30.2 Å².